The molecule has 0 aromatic heterocycles. The van der Waals surface area contributed by atoms with Gasteiger partial charge in [-0.05, 0) is 67.6 Å². The largest absolute Gasteiger partial charge is 0.496 e. The maximum absolute atomic E-state index is 11.9. The van der Waals surface area contributed by atoms with Gasteiger partial charge >= 0.3 is 0 Å². The van der Waals surface area contributed by atoms with Crippen molar-refractivity contribution in [1.29, 1.82) is 0 Å². The van der Waals surface area contributed by atoms with E-state index in [2.05, 4.69) is 30.1 Å². The van der Waals surface area contributed by atoms with E-state index in [9.17, 15) is 4.79 Å². The van der Waals surface area contributed by atoms with Gasteiger partial charge in [0.05, 0.1) is 19.3 Å². The summed E-state index contributed by atoms with van der Waals surface area (Å²) in [6.07, 6.45) is 4.08. The van der Waals surface area contributed by atoms with E-state index >= 15 is 0 Å². The van der Waals surface area contributed by atoms with Gasteiger partial charge < -0.3 is 14.4 Å². The summed E-state index contributed by atoms with van der Waals surface area (Å²) < 4.78 is 11.2. The predicted octanol–water partition coefficient (Wildman–Crippen LogP) is 4.80. The van der Waals surface area contributed by atoms with Crippen molar-refractivity contribution < 1.29 is 14.3 Å². The molecule has 1 aliphatic heterocycles. The minimum absolute atomic E-state index is 0.187. The van der Waals surface area contributed by atoms with Gasteiger partial charge in [0.15, 0.2) is 5.78 Å². The van der Waals surface area contributed by atoms with Crippen LogP contribution in [0.3, 0.4) is 0 Å². The molecule has 2 aliphatic rings. The maximum Gasteiger partial charge on any atom is 0.169 e. The molecule has 1 atom stereocenters. The van der Waals surface area contributed by atoms with Crippen LogP contribution in [-0.2, 0) is 6.42 Å². The molecule has 0 radical (unpaired) electrons. The standard InChI is InChI=1S/C24H29NO3S/c1-25(16-17-5-3-7-20-19(17)6-4-8-23(20)27-2)12-14-29-18-9-10-21-22(26)11-13-28-24(21)15-18/h4,6,8-10,15,17H,3,5,7,11-14,16H2,1-2H3. The zero-order valence-electron chi connectivity index (χ0n) is 17.3. The number of ether oxygens (including phenoxy) is 2. The third kappa shape index (κ3) is 4.62. The third-order valence-electron chi connectivity index (χ3n) is 5.92. The quantitative estimate of drug-likeness (QED) is 0.612. The van der Waals surface area contributed by atoms with Gasteiger partial charge in [-0.3, -0.25) is 4.79 Å². The Bertz CT molecular complexity index is 882. The van der Waals surface area contributed by atoms with Crippen molar-refractivity contribution in [3.63, 3.8) is 0 Å². The topological polar surface area (TPSA) is 38.8 Å². The van der Waals surface area contributed by atoms with Crippen molar-refractivity contribution in [3.05, 3.63) is 53.1 Å². The van der Waals surface area contributed by atoms with Crippen LogP contribution in [0.5, 0.6) is 11.5 Å². The molecule has 0 spiro atoms. The lowest BCUT2D eigenvalue weighted by molar-refractivity contribution is 0.0933. The van der Waals surface area contributed by atoms with Crippen molar-refractivity contribution in [3.8, 4) is 11.5 Å². The molecule has 154 valence electrons. The number of hydrogen-bond acceptors (Lipinski definition) is 5. The number of nitrogens with zero attached hydrogens (tertiary/aromatic N) is 1. The van der Waals surface area contributed by atoms with Gasteiger partial charge in [-0.2, -0.15) is 0 Å². The Kier molecular flexibility index (Phi) is 6.46. The minimum atomic E-state index is 0.187. The molecule has 0 saturated carbocycles. The lowest BCUT2D eigenvalue weighted by atomic mass is 9.82. The van der Waals surface area contributed by atoms with Crippen LogP contribution in [0.4, 0.5) is 0 Å². The number of hydrogen-bond donors (Lipinski definition) is 0. The molecule has 0 fully saturated rings. The normalized spacial score (nSPS) is 18.2. The number of fused-ring (bicyclic) bond motifs is 2. The number of carbonyl (C=O) groups is 1. The molecule has 1 heterocycles. The van der Waals surface area contributed by atoms with Crippen LogP contribution in [-0.4, -0.2) is 50.3 Å². The van der Waals surface area contributed by atoms with E-state index in [0.717, 1.165) is 42.3 Å². The highest BCUT2D eigenvalue weighted by Gasteiger charge is 2.24. The van der Waals surface area contributed by atoms with Crippen molar-refractivity contribution in [2.75, 3.05) is 39.6 Å². The molecule has 29 heavy (non-hydrogen) atoms. The Morgan fingerprint density at radius 1 is 1.24 bits per heavy atom. The second kappa shape index (κ2) is 9.23. The van der Waals surface area contributed by atoms with E-state index < -0.39 is 0 Å². The van der Waals surface area contributed by atoms with Crippen LogP contribution in [0.25, 0.3) is 0 Å². The van der Waals surface area contributed by atoms with Crippen molar-refractivity contribution >= 4 is 17.5 Å². The first-order chi connectivity index (χ1) is 14.2. The number of methoxy groups -OCH3 is 1. The highest BCUT2D eigenvalue weighted by Crippen LogP contribution is 2.37. The Labute approximate surface area is 177 Å². The van der Waals surface area contributed by atoms with Crippen molar-refractivity contribution in [2.45, 2.75) is 36.5 Å². The highest BCUT2D eigenvalue weighted by molar-refractivity contribution is 7.99. The van der Waals surface area contributed by atoms with E-state index in [1.807, 2.05) is 30.0 Å². The first kappa shape index (κ1) is 20.3. The predicted molar refractivity (Wildman–Crippen MR) is 118 cm³/mol. The van der Waals surface area contributed by atoms with Gasteiger partial charge in [0.1, 0.15) is 11.5 Å². The number of Topliss-reactive ketones (excluding diaryl/α,β-unsaturated/α-hetero) is 1. The Balaban J connectivity index is 1.31. The average Bonchev–Trinajstić information content (AvgIpc) is 2.74. The van der Waals surface area contributed by atoms with E-state index in [0.29, 0.717) is 18.9 Å². The van der Waals surface area contributed by atoms with Gasteiger partial charge in [-0.25, -0.2) is 0 Å². The summed E-state index contributed by atoms with van der Waals surface area (Å²) in [7, 11) is 3.98. The van der Waals surface area contributed by atoms with Gasteiger partial charge in [-0.1, -0.05) is 12.1 Å². The zero-order chi connectivity index (χ0) is 20.2. The van der Waals surface area contributed by atoms with Crippen LogP contribution >= 0.6 is 11.8 Å². The van der Waals surface area contributed by atoms with Gasteiger partial charge in [0, 0.05) is 30.2 Å². The summed E-state index contributed by atoms with van der Waals surface area (Å²) in [6, 6.07) is 12.4. The van der Waals surface area contributed by atoms with Crippen molar-refractivity contribution in [1.82, 2.24) is 4.90 Å². The summed E-state index contributed by atoms with van der Waals surface area (Å²) in [5, 5.41) is 0. The molecule has 0 bridgehead atoms. The van der Waals surface area contributed by atoms with E-state index in [1.165, 1.54) is 28.9 Å². The van der Waals surface area contributed by atoms with E-state index in [-0.39, 0.29) is 5.78 Å². The van der Waals surface area contributed by atoms with Crippen LogP contribution in [0.15, 0.2) is 41.3 Å². The SMILES string of the molecule is COc1cccc2c1CCCC2CN(C)CCSc1ccc2c(c1)OCCC2=O. The molecule has 4 nitrogen and oxygen atoms in total. The fourth-order valence-electron chi connectivity index (χ4n) is 4.41. The Morgan fingerprint density at radius 3 is 3.00 bits per heavy atom. The number of rotatable bonds is 7. The summed E-state index contributed by atoms with van der Waals surface area (Å²) in [4.78, 5) is 15.5. The van der Waals surface area contributed by atoms with Crippen LogP contribution in [0, 0.1) is 0 Å². The summed E-state index contributed by atoms with van der Waals surface area (Å²) in [5.74, 6) is 3.56. The lowest BCUT2D eigenvalue weighted by Crippen LogP contribution is -2.28. The van der Waals surface area contributed by atoms with Crippen LogP contribution < -0.4 is 9.47 Å². The second-order valence-corrected chi connectivity index (χ2v) is 9.08. The molecule has 0 saturated heterocycles. The number of likely N-dealkylation sites (N-methyl/N-ethyl adjacent to an activating group) is 1. The van der Waals surface area contributed by atoms with E-state index in [4.69, 9.17) is 9.47 Å². The summed E-state index contributed by atoms with van der Waals surface area (Å²) in [5.41, 5.74) is 3.59. The second-order valence-electron chi connectivity index (χ2n) is 7.91. The minimum Gasteiger partial charge on any atom is -0.496 e. The number of thioether (sulfide) groups is 1. The number of carbonyl (C=O) groups excluding carboxylic acids is 1. The van der Waals surface area contributed by atoms with Gasteiger partial charge in [0.25, 0.3) is 0 Å². The van der Waals surface area contributed by atoms with Crippen molar-refractivity contribution in [2.24, 2.45) is 0 Å². The average molecular weight is 412 g/mol. The fraction of sp³-hybridized carbons (Fsp3) is 0.458. The molecule has 2 aromatic carbocycles. The lowest BCUT2D eigenvalue weighted by Gasteiger charge is -2.30. The molecule has 0 N–H and O–H groups in total. The summed E-state index contributed by atoms with van der Waals surface area (Å²) >= 11 is 1.82. The molecule has 1 aliphatic carbocycles. The van der Waals surface area contributed by atoms with Gasteiger partial charge in [-0.15, -0.1) is 11.8 Å². The molecular formula is C24H29NO3S. The zero-order valence-corrected chi connectivity index (χ0v) is 18.1. The monoisotopic (exact) mass is 411 g/mol. The van der Waals surface area contributed by atoms with E-state index in [1.54, 1.807) is 7.11 Å². The number of benzene rings is 2. The van der Waals surface area contributed by atoms with Gasteiger partial charge in [0.2, 0.25) is 0 Å². The Hall–Kier alpha value is -1.98. The smallest absolute Gasteiger partial charge is 0.169 e. The Morgan fingerprint density at radius 2 is 2.14 bits per heavy atom. The summed E-state index contributed by atoms with van der Waals surface area (Å²) in [6.45, 7) is 2.59. The number of ketones is 1. The molecule has 0 amide bonds. The van der Waals surface area contributed by atoms with Crippen LogP contribution in [0.1, 0.15) is 46.7 Å². The molecule has 1 unspecified atom stereocenters. The molecule has 2 aromatic rings. The molecular weight excluding hydrogens is 382 g/mol. The molecule has 4 rings (SSSR count). The highest BCUT2D eigenvalue weighted by atomic mass is 32.2. The third-order valence-corrected chi connectivity index (χ3v) is 6.90. The first-order valence-electron chi connectivity index (χ1n) is 10.4. The maximum atomic E-state index is 11.9. The molecule has 5 heteroatoms. The first-order valence-corrected chi connectivity index (χ1v) is 11.4. The fourth-order valence-corrected chi connectivity index (χ4v) is 5.40. The van der Waals surface area contributed by atoms with Crippen LogP contribution in [0.2, 0.25) is 0 Å².